The fourth-order valence-corrected chi connectivity index (χ4v) is 2.17. The Kier molecular flexibility index (Phi) is 9.84. The Hall–Kier alpha value is -1.89. The third-order valence-corrected chi connectivity index (χ3v) is 3.41. The lowest BCUT2D eigenvalue weighted by Crippen LogP contribution is -2.08. The number of aliphatic hydroxyl groups is 1. The van der Waals surface area contributed by atoms with Gasteiger partial charge in [0.2, 0.25) is 0 Å². The number of ketones is 1. The Labute approximate surface area is 149 Å². The molecule has 0 bridgehead atoms. The molecule has 1 aromatic rings. The summed E-state index contributed by atoms with van der Waals surface area (Å²) in [6, 6.07) is 5.03. The van der Waals surface area contributed by atoms with Gasteiger partial charge >= 0.3 is 0 Å². The first-order valence-electron chi connectivity index (χ1n) is 8.18. The molecule has 140 valence electrons. The molecule has 0 aliphatic rings. The molecule has 6 nitrogen and oxygen atoms in total. The van der Waals surface area contributed by atoms with E-state index in [-0.39, 0.29) is 25.8 Å². The molecule has 0 aliphatic carbocycles. The third kappa shape index (κ3) is 8.16. The minimum absolute atomic E-state index is 0.0177. The Morgan fingerprint density at radius 3 is 2.36 bits per heavy atom. The van der Waals surface area contributed by atoms with Gasteiger partial charge in [-0.2, -0.15) is 0 Å². The molecule has 1 N–H and O–H groups in total. The number of hydrogen-bond donors (Lipinski definition) is 1. The van der Waals surface area contributed by atoms with Crippen LogP contribution in [0.25, 0.3) is 0 Å². The highest BCUT2D eigenvalue weighted by molar-refractivity contribution is 5.79. The van der Waals surface area contributed by atoms with Crippen molar-refractivity contribution in [3.8, 4) is 11.5 Å². The maximum atomic E-state index is 12.0. The second-order valence-corrected chi connectivity index (χ2v) is 5.89. The zero-order valence-corrected chi connectivity index (χ0v) is 15.4. The highest BCUT2D eigenvalue weighted by atomic mass is 16.7. The number of Topliss-reactive ketones (excluding diaryl/α,β-unsaturated/α-hetero) is 1. The van der Waals surface area contributed by atoms with E-state index in [4.69, 9.17) is 18.9 Å². The normalized spacial score (nSPS) is 11.7. The first kappa shape index (κ1) is 21.2. The number of allylic oxidation sites excluding steroid dienone is 2. The van der Waals surface area contributed by atoms with Crippen molar-refractivity contribution in [2.24, 2.45) is 0 Å². The quantitative estimate of drug-likeness (QED) is 0.459. The smallest absolute Gasteiger partial charge is 0.188 e. The van der Waals surface area contributed by atoms with Crippen LogP contribution in [0, 0.1) is 0 Å². The van der Waals surface area contributed by atoms with E-state index in [1.807, 2.05) is 19.9 Å². The molecule has 0 aromatic heterocycles. The lowest BCUT2D eigenvalue weighted by atomic mass is 10.0. The molecular formula is C19H28O6. The predicted octanol–water partition coefficient (Wildman–Crippen LogP) is 3.39. The summed E-state index contributed by atoms with van der Waals surface area (Å²) in [5, 5.41) is 10.3. The summed E-state index contributed by atoms with van der Waals surface area (Å²) in [5.74, 6) is 0.918. The van der Waals surface area contributed by atoms with E-state index in [9.17, 15) is 9.90 Å². The Morgan fingerprint density at radius 1 is 1.12 bits per heavy atom. The van der Waals surface area contributed by atoms with Crippen LogP contribution in [0.3, 0.4) is 0 Å². The van der Waals surface area contributed by atoms with Crippen LogP contribution in [0.15, 0.2) is 29.8 Å². The largest absolute Gasteiger partial charge is 0.464 e. The van der Waals surface area contributed by atoms with Crippen LogP contribution in [0.5, 0.6) is 11.5 Å². The van der Waals surface area contributed by atoms with Gasteiger partial charge in [0.1, 0.15) is 5.78 Å². The first-order valence-corrected chi connectivity index (χ1v) is 8.18. The first-order chi connectivity index (χ1) is 12.0. The van der Waals surface area contributed by atoms with Crippen LogP contribution in [0.2, 0.25) is 0 Å². The standard InChI is InChI=1S/C19H28O6/c1-14(2)6-5-7-16(20)11-17(21)15-8-9-18(24-12-22-3)19(10-15)25-13-23-4/h6,8-10,17,21H,5,7,11-13H2,1-4H3. The van der Waals surface area contributed by atoms with Crippen LogP contribution in [0.1, 0.15) is 44.8 Å². The molecule has 0 saturated heterocycles. The second-order valence-electron chi connectivity index (χ2n) is 5.89. The minimum atomic E-state index is -0.888. The maximum absolute atomic E-state index is 12.0. The number of hydrogen-bond acceptors (Lipinski definition) is 6. The summed E-state index contributed by atoms with van der Waals surface area (Å²) in [4.78, 5) is 12.0. The van der Waals surface area contributed by atoms with Gasteiger partial charge in [0.15, 0.2) is 25.1 Å². The van der Waals surface area contributed by atoms with Crippen molar-refractivity contribution >= 4 is 5.78 Å². The van der Waals surface area contributed by atoms with E-state index in [0.29, 0.717) is 29.9 Å². The number of benzene rings is 1. The van der Waals surface area contributed by atoms with E-state index in [1.165, 1.54) is 19.8 Å². The zero-order valence-electron chi connectivity index (χ0n) is 15.4. The van der Waals surface area contributed by atoms with E-state index in [0.717, 1.165) is 0 Å². The monoisotopic (exact) mass is 352 g/mol. The van der Waals surface area contributed by atoms with Crippen molar-refractivity contribution < 1.29 is 28.8 Å². The van der Waals surface area contributed by atoms with Crippen molar-refractivity contribution in [3.63, 3.8) is 0 Å². The number of carbonyl (C=O) groups excluding carboxylic acids is 1. The SMILES string of the molecule is COCOc1ccc(C(O)CC(=O)CCC=C(C)C)cc1OCOC. The van der Waals surface area contributed by atoms with Crippen LogP contribution in [0.4, 0.5) is 0 Å². The highest BCUT2D eigenvalue weighted by Gasteiger charge is 2.16. The van der Waals surface area contributed by atoms with Gasteiger partial charge in [-0.3, -0.25) is 4.79 Å². The van der Waals surface area contributed by atoms with Gasteiger partial charge in [0.05, 0.1) is 6.10 Å². The molecule has 1 aromatic carbocycles. The molecule has 6 heteroatoms. The predicted molar refractivity (Wildman–Crippen MR) is 94.7 cm³/mol. The number of ether oxygens (including phenoxy) is 4. The molecule has 0 heterocycles. The molecule has 0 fully saturated rings. The molecule has 0 aliphatic heterocycles. The van der Waals surface area contributed by atoms with Crippen molar-refractivity contribution in [2.45, 2.75) is 39.2 Å². The van der Waals surface area contributed by atoms with Crippen molar-refractivity contribution in [3.05, 3.63) is 35.4 Å². The van der Waals surface area contributed by atoms with Crippen molar-refractivity contribution in [1.29, 1.82) is 0 Å². The van der Waals surface area contributed by atoms with E-state index in [2.05, 4.69) is 0 Å². The van der Waals surface area contributed by atoms with Crippen LogP contribution in [-0.2, 0) is 14.3 Å². The molecule has 0 radical (unpaired) electrons. The Balaban J connectivity index is 2.74. The fourth-order valence-electron chi connectivity index (χ4n) is 2.17. The van der Waals surface area contributed by atoms with E-state index >= 15 is 0 Å². The Morgan fingerprint density at radius 2 is 1.76 bits per heavy atom. The molecule has 25 heavy (non-hydrogen) atoms. The summed E-state index contributed by atoms with van der Waals surface area (Å²) in [6.45, 7) is 4.11. The summed E-state index contributed by atoms with van der Waals surface area (Å²) < 4.78 is 20.7. The van der Waals surface area contributed by atoms with Crippen LogP contribution < -0.4 is 9.47 Å². The van der Waals surface area contributed by atoms with Gasteiger partial charge in [0.25, 0.3) is 0 Å². The summed E-state index contributed by atoms with van der Waals surface area (Å²) in [6.07, 6.45) is 2.31. The van der Waals surface area contributed by atoms with Gasteiger partial charge in [0, 0.05) is 27.1 Å². The lowest BCUT2D eigenvalue weighted by Gasteiger charge is -2.15. The minimum Gasteiger partial charge on any atom is -0.464 e. The third-order valence-electron chi connectivity index (χ3n) is 3.41. The second kappa shape index (κ2) is 11.6. The lowest BCUT2D eigenvalue weighted by molar-refractivity contribution is -0.120. The van der Waals surface area contributed by atoms with Gasteiger partial charge in [-0.25, -0.2) is 0 Å². The summed E-state index contributed by atoms with van der Waals surface area (Å²) in [5.41, 5.74) is 1.77. The molecular weight excluding hydrogens is 324 g/mol. The van der Waals surface area contributed by atoms with Crippen molar-refractivity contribution in [2.75, 3.05) is 27.8 Å². The van der Waals surface area contributed by atoms with Gasteiger partial charge in [-0.15, -0.1) is 0 Å². The number of carbonyl (C=O) groups is 1. The summed E-state index contributed by atoms with van der Waals surface area (Å²) >= 11 is 0. The molecule has 0 spiro atoms. The highest BCUT2D eigenvalue weighted by Crippen LogP contribution is 2.32. The van der Waals surface area contributed by atoms with E-state index < -0.39 is 6.10 Å². The number of methoxy groups -OCH3 is 2. The van der Waals surface area contributed by atoms with Gasteiger partial charge in [-0.05, 0) is 38.0 Å². The maximum Gasteiger partial charge on any atom is 0.188 e. The van der Waals surface area contributed by atoms with Crippen LogP contribution >= 0.6 is 0 Å². The Bertz CT molecular complexity index is 563. The number of aliphatic hydroxyl groups excluding tert-OH is 1. The summed E-state index contributed by atoms with van der Waals surface area (Å²) in [7, 11) is 3.04. The molecule has 0 saturated carbocycles. The number of rotatable bonds is 12. The average Bonchev–Trinajstić information content (AvgIpc) is 2.57. The molecule has 0 amide bonds. The molecule has 1 unspecified atom stereocenters. The average molecular weight is 352 g/mol. The molecule has 1 rings (SSSR count). The zero-order chi connectivity index (χ0) is 18.7. The topological polar surface area (TPSA) is 74.2 Å². The van der Waals surface area contributed by atoms with Crippen LogP contribution in [-0.4, -0.2) is 38.7 Å². The van der Waals surface area contributed by atoms with Gasteiger partial charge in [-0.1, -0.05) is 17.7 Å². The van der Waals surface area contributed by atoms with Gasteiger partial charge < -0.3 is 24.1 Å². The van der Waals surface area contributed by atoms with E-state index in [1.54, 1.807) is 18.2 Å². The fraction of sp³-hybridized carbons (Fsp3) is 0.526. The van der Waals surface area contributed by atoms with Crippen molar-refractivity contribution in [1.82, 2.24) is 0 Å². The molecule has 1 atom stereocenters.